The Kier molecular flexibility index (Phi) is 3.86. The van der Waals surface area contributed by atoms with E-state index in [4.69, 9.17) is 0 Å². The Morgan fingerprint density at radius 1 is 1.10 bits per heavy atom. The van der Waals surface area contributed by atoms with Crippen LogP contribution in [0.25, 0.3) is 0 Å². The van der Waals surface area contributed by atoms with Gasteiger partial charge in [-0.3, -0.25) is 30.3 Å². The molecule has 0 aliphatic heterocycles. The van der Waals surface area contributed by atoms with E-state index in [0.29, 0.717) is 9.81 Å². The van der Waals surface area contributed by atoms with Crippen LogP contribution in [0.5, 0.6) is 0 Å². The number of tetrazole rings is 1. The zero-order valence-electron chi connectivity index (χ0n) is 10.00. The van der Waals surface area contributed by atoms with Crippen molar-refractivity contribution in [1.82, 2.24) is 25.2 Å². The second-order valence-corrected chi connectivity index (χ2v) is 3.43. The summed E-state index contributed by atoms with van der Waals surface area (Å²) < 4.78 is 0. The van der Waals surface area contributed by atoms with E-state index in [1.807, 2.05) is 0 Å². The number of hydrazine groups is 1. The number of hydrogen-bond donors (Lipinski definition) is 0. The first-order valence-corrected chi connectivity index (χ1v) is 4.71. The number of nitrogens with zero attached hydrogens (tertiary/aromatic N) is 9. The van der Waals surface area contributed by atoms with Gasteiger partial charge in [0, 0.05) is 0 Å². The standard InChI is InChI=1S/C4H5N9O8/c1-8(13(20)21)2-9-6-3(5-7-9)4(10(14)15,11(16)17)12(18)19/h2H2,1H3. The average molecular weight is 307 g/mol. The van der Waals surface area contributed by atoms with Crippen molar-refractivity contribution in [2.75, 3.05) is 7.05 Å². The molecule has 0 N–H and O–H groups in total. The molecule has 1 rings (SSSR count). The molecule has 1 aromatic heterocycles. The summed E-state index contributed by atoms with van der Waals surface area (Å²) in [4.78, 5) is 37.5. The highest BCUT2D eigenvalue weighted by Crippen LogP contribution is 2.22. The number of rotatable bonds is 7. The molecule has 1 heterocycles. The molecule has 0 spiro atoms. The first kappa shape index (κ1) is 15.5. The molecule has 0 fully saturated rings. The van der Waals surface area contributed by atoms with E-state index in [1.54, 1.807) is 0 Å². The Morgan fingerprint density at radius 2 is 1.57 bits per heavy atom. The first-order valence-electron chi connectivity index (χ1n) is 4.71. The van der Waals surface area contributed by atoms with Crippen LogP contribution in [0.1, 0.15) is 5.82 Å². The molecule has 0 unspecified atom stereocenters. The molecular weight excluding hydrogens is 302 g/mol. The second kappa shape index (κ2) is 5.22. The predicted octanol–water partition coefficient (Wildman–Crippen LogP) is -2.31. The molecule has 0 aromatic carbocycles. The lowest BCUT2D eigenvalue weighted by Crippen LogP contribution is -2.51. The van der Waals surface area contributed by atoms with Crippen molar-refractivity contribution in [1.29, 1.82) is 0 Å². The Hall–Kier alpha value is -3.53. The SMILES string of the molecule is CN(Cn1nnc(C([N+](=O)[O-])([N+](=O)[O-])[N+](=O)[O-])n1)[N+](=O)[O-]. The van der Waals surface area contributed by atoms with E-state index in [-0.39, 0.29) is 0 Å². The molecule has 0 saturated carbocycles. The van der Waals surface area contributed by atoms with Crippen LogP contribution in [-0.2, 0) is 12.5 Å². The van der Waals surface area contributed by atoms with Gasteiger partial charge in [-0.05, 0) is 5.21 Å². The van der Waals surface area contributed by atoms with Gasteiger partial charge in [-0.2, -0.15) is 0 Å². The van der Waals surface area contributed by atoms with Crippen molar-refractivity contribution >= 4 is 0 Å². The van der Waals surface area contributed by atoms with E-state index in [2.05, 4.69) is 15.4 Å². The number of hydrogen-bond acceptors (Lipinski definition) is 11. The van der Waals surface area contributed by atoms with Gasteiger partial charge in [0.1, 0.15) is 0 Å². The fourth-order valence-electron chi connectivity index (χ4n) is 1.12. The van der Waals surface area contributed by atoms with Crippen LogP contribution >= 0.6 is 0 Å². The zero-order chi connectivity index (χ0) is 16.4. The molecule has 21 heavy (non-hydrogen) atoms. The molecule has 0 bridgehead atoms. The monoisotopic (exact) mass is 307 g/mol. The largest absolute Gasteiger partial charge is 0.766 e. The van der Waals surface area contributed by atoms with Crippen LogP contribution in [-0.4, -0.2) is 52.1 Å². The maximum atomic E-state index is 10.7. The fraction of sp³-hybridized carbons (Fsp3) is 0.750. The average Bonchev–Trinajstić information content (AvgIpc) is 2.76. The van der Waals surface area contributed by atoms with Crippen LogP contribution in [0.3, 0.4) is 0 Å². The van der Waals surface area contributed by atoms with Gasteiger partial charge in [0.05, 0.1) is 7.05 Å². The Morgan fingerprint density at radius 3 is 1.95 bits per heavy atom. The second-order valence-electron chi connectivity index (χ2n) is 3.43. The fourth-order valence-corrected chi connectivity index (χ4v) is 1.12. The summed E-state index contributed by atoms with van der Waals surface area (Å²) in [6, 6.07) is 0. The molecule has 0 aliphatic carbocycles. The highest BCUT2D eigenvalue weighted by atomic mass is 16.7. The third-order valence-electron chi connectivity index (χ3n) is 2.13. The van der Waals surface area contributed by atoms with Gasteiger partial charge in [-0.1, -0.05) is 5.10 Å². The third kappa shape index (κ3) is 2.46. The van der Waals surface area contributed by atoms with Crippen molar-refractivity contribution in [3.8, 4) is 0 Å². The van der Waals surface area contributed by atoms with Gasteiger partial charge in [0.25, 0.3) is 0 Å². The Bertz CT molecular complexity index is 573. The maximum Gasteiger partial charge on any atom is 0.766 e. The number of aromatic nitrogens is 4. The molecule has 17 nitrogen and oxygen atoms in total. The third-order valence-corrected chi connectivity index (χ3v) is 2.13. The van der Waals surface area contributed by atoms with E-state index in [9.17, 15) is 40.5 Å². The Balaban J connectivity index is 3.27. The molecule has 114 valence electrons. The quantitative estimate of drug-likeness (QED) is 0.294. The van der Waals surface area contributed by atoms with Crippen LogP contribution in [0, 0.1) is 40.5 Å². The molecule has 0 atom stereocenters. The molecule has 0 aliphatic rings. The summed E-state index contributed by atoms with van der Waals surface area (Å²) in [5.41, 5.74) is 0. The maximum absolute atomic E-state index is 10.7. The van der Waals surface area contributed by atoms with Crippen LogP contribution in [0.15, 0.2) is 0 Å². The highest BCUT2D eigenvalue weighted by Gasteiger charge is 2.77. The molecule has 1 aromatic rings. The lowest BCUT2D eigenvalue weighted by Gasteiger charge is -2.06. The minimum absolute atomic E-state index is 0.364. The number of nitro groups is 4. The molecule has 0 saturated heterocycles. The summed E-state index contributed by atoms with van der Waals surface area (Å²) >= 11 is 0. The smallest absolute Gasteiger partial charge is 0.252 e. The normalized spacial score (nSPS) is 10.9. The lowest BCUT2D eigenvalue weighted by atomic mass is 10.3. The molecule has 0 amide bonds. The van der Waals surface area contributed by atoms with Crippen molar-refractivity contribution < 1.29 is 19.8 Å². The Labute approximate surface area is 112 Å². The molecular formula is C4H5N9O8. The minimum atomic E-state index is -4.04. The van der Waals surface area contributed by atoms with Gasteiger partial charge < -0.3 is 0 Å². The zero-order valence-corrected chi connectivity index (χ0v) is 10.00. The van der Waals surface area contributed by atoms with Gasteiger partial charge in [-0.15, -0.1) is 14.9 Å². The van der Waals surface area contributed by atoms with Crippen molar-refractivity contribution in [3.63, 3.8) is 0 Å². The van der Waals surface area contributed by atoms with E-state index < -0.39 is 38.1 Å². The van der Waals surface area contributed by atoms with Crippen molar-refractivity contribution in [3.05, 3.63) is 46.3 Å². The van der Waals surface area contributed by atoms with Crippen molar-refractivity contribution in [2.45, 2.75) is 12.5 Å². The summed E-state index contributed by atoms with van der Waals surface area (Å²) in [5, 5.41) is 51.1. The van der Waals surface area contributed by atoms with E-state index >= 15 is 0 Å². The molecule has 17 heteroatoms. The highest BCUT2D eigenvalue weighted by molar-refractivity contribution is 4.84. The van der Waals surface area contributed by atoms with E-state index in [0.717, 1.165) is 7.05 Å². The van der Waals surface area contributed by atoms with Crippen LogP contribution < -0.4 is 0 Å². The molecule has 0 radical (unpaired) electrons. The van der Waals surface area contributed by atoms with Crippen LogP contribution in [0.4, 0.5) is 0 Å². The van der Waals surface area contributed by atoms with Gasteiger partial charge >= 0.3 is 11.6 Å². The first-order chi connectivity index (χ1) is 9.63. The summed E-state index contributed by atoms with van der Waals surface area (Å²) in [7, 11) is 0.977. The van der Waals surface area contributed by atoms with Gasteiger partial charge in [0.15, 0.2) is 26.5 Å². The lowest BCUT2D eigenvalue weighted by molar-refractivity contribution is -0.987. The van der Waals surface area contributed by atoms with Crippen molar-refractivity contribution in [2.24, 2.45) is 0 Å². The van der Waals surface area contributed by atoms with Gasteiger partial charge in [-0.25, -0.2) is 10.1 Å². The van der Waals surface area contributed by atoms with E-state index in [1.165, 1.54) is 0 Å². The van der Waals surface area contributed by atoms with Gasteiger partial charge in [0.2, 0.25) is 0 Å². The van der Waals surface area contributed by atoms with Crippen LogP contribution in [0.2, 0.25) is 0 Å². The predicted molar refractivity (Wildman–Crippen MR) is 55.2 cm³/mol. The summed E-state index contributed by atoms with van der Waals surface area (Å²) in [5.74, 6) is -5.47. The minimum Gasteiger partial charge on any atom is -0.252 e. The summed E-state index contributed by atoms with van der Waals surface area (Å²) in [6.45, 7) is -0.691. The summed E-state index contributed by atoms with van der Waals surface area (Å²) in [6.07, 6.45) is 0. The topological polar surface area (TPSA) is 219 Å².